The van der Waals surface area contributed by atoms with Gasteiger partial charge in [0.1, 0.15) is 0 Å². The van der Waals surface area contributed by atoms with Crippen molar-refractivity contribution in [2.45, 2.75) is 12.5 Å². The second-order valence-corrected chi connectivity index (χ2v) is 3.74. The van der Waals surface area contributed by atoms with Crippen molar-refractivity contribution in [1.82, 2.24) is 10.2 Å². The minimum absolute atomic E-state index is 0.188. The zero-order valence-electron chi connectivity index (χ0n) is 8.72. The third kappa shape index (κ3) is 2.08. The van der Waals surface area contributed by atoms with Gasteiger partial charge in [0.25, 0.3) is 0 Å². The van der Waals surface area contributed by atoms with Crippen molar-refractivity contribution < 1.29 is 9.59 Å². The Bertz CT molecular complexity index is 408. The third-order valence-corrected chi connectivity index (χ3v) is 2.62. The maximum Gasteiger partial charge on any atom is 0.323 e. The van der Waals surface area contributed by atoms with Crippen LogP contribution in [0.15, 0.2) is 30.3 Å². The topological polar surface area (TPSA) is 49.4 Å². The fraction of sp³-hybridized carbons (Fsp3) is 0.273. The van der Waals surface area contributed by atoms with Crippen molar-refractivity contribution in [2.75, 3.05) is 6.54 Å². The largest absolute Gasteiger partial charge is 0.336 e. The lowest BCUT2D eigenvalue weighted by atomic mass is 10.0. The number of hydrogen-bond donors (Lipinski definition) is 1. The highest BCUT2D eigenvalue weighted by molar-refractivity contribution is 6.58. The van der Waals surface area contributed by atoms with E-state index in [-0.39, 0.29) is 6.04 Å². The number of imide groups is 1. The summed E-state index contributed by atoms with van der Waals surface area (Å²) in [5, 5.41) is 2.61. The van der Waals surface area contributed by atoms with Crippen molar-refractivity contribution in [2.24, 2.45) is 0 Å². The first-order valence-corrected chi connectivity index (χ1v) is 5.09. The van der Waals surface area contributed by atoms with Crippen LogP contribution in [0.25, 0.3) is 0 Å². The van der Waals surface area contributed by atoms with Gasteiger partial charge in [-0.1, -0.05) is 30.3 Å². The van der Waals surface area contributed by atoms with Gasteiger partial charge in [0, 0.05) is 6.54 Å². The van der Waals surface area contributed by atoms with Crippen molar-refractivity contribution in [3.05, 3.63) is 35.9 Å². The number of nitrogens with zero attached hydrogens (tertiary/aromatic N) is 1. The Morgan fingerprint density at radius 1 is 1.44 bits per heavy atom. The fourth-order valence-corrected chi connectivity index (χ4v) is 1.88. The monoisotopic (exact) mass is 214 g/mol. The lowest BCUT2D eigenvalue weighted by Gasteiger charge is -2.19. The van der Waals surface area contributed by atoms with Gasteiger partial charge in [0.15, 0.2) is 5.81 Å². The van der Waals surface area contributed by atoms with E-state index in [1.807, 2.05) is 30.3 Å². The van der Waals surface area contributed by atoms with Gasteiger partial charge in [-0.25, -0.2) is 4.79 Å². The van der Waals surface area contributed by atoms with Crippen LogP contribution >= 0.6 is 0 Å². The molecule has 80 valence electrons. The predicted molar refractivity (Wildman–Crippen MR) is 60.3 cm³/mol. The average Bonchev–Trinajstić information content (AvgIpc) is 2.61. The van der Waals surface area contributed by atoms with Crippen LogP contribution in [0.1, 0.15) is 5.56 Å². The maximum atomic E-state index is 11.3. The highest BCUT2D eigenvalue weighted by atomic mass is 16.2. The minimum atomic E-state index is -0.698. The van der Waals surface area contributed by atoms with Gasteiger partial charge in [-0.05, 0) is 12.0 Å². The summed E-state index contributed by atoms with van der Waals surface area (Å²) in [6, 6.07) is 9.10. The van der Waals surface area contributed by atoms with E-state index in [2.05, 4.69) is 5.32 Å². The van der Waals surface area contributed by atoms with Crippen LogP contribution < -0.4 is 5.32 Å². The fourth-order valence-electron chi connectivity index (χ4n) is 1.88. The smallest absolute Gasteiger partial charge is 0.323 e. The predicted octanol–water partition coefficient (Wildman–Crippen LogP) is 0.911. The molecule has 0 spiro atoms. The van der Waals surface area contributed by atoms with Gasteiger partial charge in [0.2, 0.25) is 7.85 Å². The number of amides is 3. The van der Waals surface area contributed by atoms with Crippen molar-refractivity contribution in [3.63, 3.8) is 0 Å². The Balaban J connectivity index is 2.10. The van der Waals surface area contributed by atoms with Crippen LogP contribution in [0.4, 0.5) is 9.59 Å². The summed E-state index contributed by atoms with van der Waals surface area (Å²) >= 11 is 0. The molecule has 2 radical (unpaired) electrons. The van der Waals surface area contributed by atoms with E-state index in [1.165, 1.54) is 0 Å². The molecule has 1 heterocycles. The van der Waals surface area contributed by atoms with Gasteiger partial charge in [-0.3, -0.25) is 9.69 Å². The van der Waals surface area contributed by atoms with E-state index in [9.17, 15) is 9.59 Å². The molecule has 1 aliphatic rings. The van der Waals surface area contributed by atoms with Gasteiger partial charge in [0.05, 0.1) is 6.04 Å². The van der Waals surface area contributed by atoms with Crippen molar-refractivity contribution in [1.29, 1.82) is 0 Å². The highest BCUT2D eigenvalue weighted by Gasteiger charge is 2.32. The molecule has 1 aliphatic heterocycles. The molecular weight excluding hydrogens is 203 g/mol. The summed E-state index contributed by atoms with van der Waals surface area (Å²) in [6.45, 7) is 0.455. The molecule has 2 rings (SSSR count). The number of benzene rings is 1. The minimum Gasteiger partial charge on any atom is -0.336 e. The molecule has 3 amide bonds. The van der Waals surface area contributed by atoms with Crippen LogP contribution in [0.5, 0.6) is 0 Å². The molecule has 4 nitrogen and oxygen atoms in total. The molecule has 0 aromatic heterocycles. The summed E-state index contributed by atoms with van der Waals surface area (Å²) < 4.78 is 0. The summed E-state index contributed by atoms with van der Waals surface area (Å²) in [6.07, 6.45) is 0.627. The first kappa shape index (κ1) is 10.7. The second-order valence-electron chi connectivity index (χ2n) is 3.74. The molecule has 1 saturated heterocycles. The van der Waals surface area contributed by atoms with Crippen LogP contribution in [0.3, 0.4) is 0 Å². The van der Waals surface area contributed by atoms with Crippen molar-refractivity contribution in [3.8, 4) is 0 Å². The molecule has 1 fully saturated rings. The lowest BCUT2D eigenvalue weighted by molar-refractivity contribution is 0.202. The van der Waals surface area contributed by atoms with Gasteiger partial charge in [-0.15, -0.1) is 0 Å². The first-order chi connectivity index (χ1) is 7.68. The molecular formula is C11H11BN2O2. The summed E-state index contributed by atoms with van der Waals surface area (Å²) in [7, 11) is 5.16. The lowest BCUT2D eigenvalue weighted by Crippen LogP contribution is -2.40. The van der Waals surface area contributed by atoms with Crippen LogP contribution in [0.2, 0.25) is 0 Å². The normalized spacial score (nSPS) is 19.6. The molecule has 1 N–H and O–H groups in total. The zero-order chi connectivity index (χ0) is 11.5. The summed E-state index contributed by atoms with van der Waals surface area (Å²) in [4.78, 5) is 23.5. The quantitative estimate of drug-likeness (QED) is 0.744. The summed E-state index contributed by atoms with van der Waals surface area (Å²) in [5.74, 6) is -0.698. The van der Waals surface area contributed by atoms with E-state index < -0.39 is 11.8 Å². The van der Waals surface area contributed by atoms with Gasteiger partial charge in [-0.2, -0.15) is 0 Å². The molecule has 1 aromatic carbocycles. The van der Waals surface area contributed by atoms with Gasteiger partial charge >= 0.3 is 6.03 Å². The average molecular weight is 214 g/mol. The Hall–Kier alpha value is -1.78. The van der Waals surface area contributed by atoms with E-state index in [1.54, 1.807) is 0 Å². The molecule has 1 aromatic rings. The third-order valence-electron chi connectivity index (χ3n) is 2.62. The van der Waals surface area contributed by atoms with E-state index in [0.717, 1.165) is 10.5 Å². The number of carbonyl (C=O) groups excluding carboxylic acids is 2. The molecule has 1 atom stereocenters. The Morgan fingerprint density at radius 2 is 2.12 bits per heavy atom. The molecule has 0 aliphatic carbocycles. The molecule has 16 heavy (non-hydrogen) atoms. The number of rotatable bonds is 2. The van der Waals surface area contributed by atoms with Crippen LogP contribution in [-0.2, 0) is 6.42 Å². The van der Waals surface area contributed by atoms with Gasteiger partial charge < -0.3 is 5.32 Å². The number of carbonyl (C=O) groups is 2. The Morgan fingerprint density at radius 3 is 2.75 bits per heavy atom. The van der Waals surface area contributed by atoms with E-state index >= 15 is 0 Å². The highest BCUT2D eigenvalue weighted by Crippen LogP contribution is 2.13. The van der Waals surface area contributed by atoms with Crippen LogP contribution in [0, 0.1) is 0 Å². The number of hydrogen-bond acceptors (Lipinski definition) is 2. The molecule has 0 bridgehead atoms. The molecule has 5 heteroatoms. The summed E-state index contributed by atoms with van der Waals surface area (Å²) in [5.41, 5.74) is 1.08. The molecule has 0 unspecified atom stereocenters. The molecule has 0 saturated carbocycles. The van der Waals surface area contributed by atoms with Crippen molar-refractivity contribution >= 4 is 19.7 Å². The Labute approximate surface area is 95.0 Å². The first-order valence-electron chi connectivity index (χ1n) is 5.09. The maximum absolute atomic E-state index is 11.3. The zero-order valence-corrected chi connectivity index (χ0v) is 8.72. The van der Waals surface area contributed by atoms with E-state index in [0.29, 0.717) is 13.0 Å². The Kier molecular flexibility index (Phi) is 2.94. The standard InChI is InChI=1S/C11H11BN2O2/c12-10(15)14-9(7-13-11(14)16)6-8-4-2-1-3-5-8/h1-5,9H,6-7H2,(H,13,16)/t9-/m0/s1. The SMILES string of the molecule is [B]C(=O)N1C(=O)NC[C@@H]1Cc1ccccc1. The second kappa shape index (κ2) is 4.39. The van der Waals surface area contributed by atoms with Crippen LogP contribution in [-0.4, -0.2) is 37.2 Å². The van der Waals surface area contributed by atoms with E-state index in [4.69, 9.17) is 7.85 Å². The number of urea groups is 1. The number of nitrogens with one attached hydrogen (secondary N) is 1.